The highest BCUT2D eigenvalue weighted by molar-refractivity contribution is 7.80. The third-order valence-electron chi connectivity index (χ3n) is 4.12. The molecule has 2 aromatic carbocycles. The number of halogens is 1. The number of nitrogens with one attached hydrogen (secondary N) is 3. The minimum atomic E-state index is -0.784. The summed E-state index contributed by atoms with van der Waals surface area (Å²) < 4.78 is 0.971. The van der Waals surface area contributed by atoms with Gasteiger partial charge in [-0.1, -0.05) is 36.7 Å². The van der Waals surface area contributed by atoms with Gasteiger partial charge in [0.25, 0.3) is 5.56 Å². The Kier molecular flexibility index (Phi) is 6.65. The Labute approximate surface area is 181 Å². The fraction of sp³-hybridized carbons (Fsp3) is 0.100. The lowest BCUT2D eigenvalue weighted by atomic mass is 10.1. The first-order chi connectivity index (χ1) is 14.4. The number of nitrogens with zero attached hydrogens (tertiary/aromatic N) is 2. The number of hydrazone groups is 1. The number of para-hydroxylation sites is 1. The lowest BCUT2D eigenvalue weighted by molar-refractivity contribution is 0.429. The predicted molar refractivity (Wildman–Crippen MR) is 122 cm³/mol. The van der Waals surface area contributed by atoms with Crippen molar-refractivity contribution in [3.8, 4) is 11.6 Å². The minimum Gasteiger partial charge on any atom is -0.493 e. The lowest BCUT2D eigenvalue weighted by Gasteiger charge is -2.13. The zero-order chi connectivity index (χ0) is 21.7. The molecule has 0 aliphatic heterocycles. The van der Waals surface area contributed by atoms with E-state index in [-0.39, 0.29) is 22.8 Å². The van der Waals surface area contributed by atoms with Crippen molar-refractivity contribution in [2.24, 2.45) is 5.10 Å². The van der Waals surface area contributed by atoms with Crippen LogP contribution in [0.25, 0.3) is 5.69 Å². The third kappa shape index (κ3) is 4.76. The van der Waals surface area contributed by atoms with E-state index in [1.54, 1.807) is 31.2 Å². The molecule has 0 radical (unpaired) electrons. The number of H-pyrrole nitrogens is 1. The van der Waals surface area contributed by atoms with E-state index in [4.69, 9.17) is 23.8 Å². The van der Waals surface area contributed by atoms with Crippen LogP contribution < -0.4 is 22.0 Å². The molecule has 10 heteroatoms. The quantitative estimate of drug-likeness (QED) is 0.274. The van der Waals surface area contributed by atoms with E-state index >= 15 is 0 Å². The molecule has 0 saturated carbocycles. The molecule has 0 amide bonds. The largest absolute Gasteiger partial charge is 0.493 e. The molecule has 3 rings (SSSR count). The van der Waals surface area contributed by atoms with Crippen LogP contribution in [0.1, 0.15) is 18.9 Å². The summed E-state index contributed by atoms with van der Waals surface area (Å²) in [4.78, 5) is 26.9. The van der Waals surface area contributed by atoms with Crippen molar-refractivity contribution in [3.05, 3.63) is 86.0 Å². The van der Waals surface area contributed by atoms with Crippen LogP contribution in [0.15, 0.2) is 69.3 Å². The second-order valence-electron chi connectivity index (χ2n) is 6.11. The minimum absolute atomic E-state index is 0.137. The fourth-order valence-corrected chi connectivity index (χ4v) is 3.01. The average molecular weight is 444 g/mol. The monoisotopic (exact) mass is 443 g/mol. The van der Waals surface area contributed by atoms with E-state index in [2.05, 4.69) is 20.8 Å². The van der Waals surface area contributed by atoms with Gasteiger partial charge in [-0.05, 0) is 55.0 Å². The Balaban J connectivity index is 1.96. The molecule has 0 atom stereocenters. The molecule has 0 fully saturated rings. The second-order valence-corrected chi connectivity index (χ2v) is 6.96. The summed E-state index contributed by atoms with van der Waals surface area (Å²) in [5, 5.41) is 18.5. The highest BCUT2D eigenvalue weighted by Gasteiger charge is 2.19. The zero-order valence-corrected chi connectivity index (χ0v) is 17.4. The topological polar surface area (TPSA) is 112 Å². The van der Waals surface area contributed by atoms with Crippen LogP contribution in [-0.4, -0.2) is 25.5 Å². The van der Waals surface area contributed by atoms with Gasteiger partial charge in [0, 0.05) is 10.7 Å². The van der Waals surface area contributed by atoms with Crippen LogP contribution in [0.5, 0.6) is 5.88 Å². The Morgan fingerprint density at radius 3 is 2.47 bits per heavy atom. The average Bonchev–Trinajstić information content (AvgIpc) is 2.72. The zero-order valence-electron chi connectivity index (χ0n) is 15.8. The highest BCUT2D eigenvalue weighted by atomic mass is 35.5. The third-order valence-corrected chi connectivity index (χ3v) is 4.56. The van der Waals surface area contributed by atoms with Gasteiger partial charge in [-0.25, -0.2) is 9.36 Å². The SMILES string of the molecule is CC/C(=N\NC(=S)Nc1ccccc1)c1c(O)n(-c2ccc(Cl)cc2)c(=O)[nH]c1=O. The smallest absolute Gasteiger partial charge is 0.335 e. The maximum Gasteiger partial charge on any atom is 0.335 e. The molecule has 0 aliphatic rings. The van der Waals surface area contributed by atoms with Crippen molar-refractivity contribution in [1.29, 1.82) is 0 Å². The number of aromatic amines is 1. The number of benzene rings is 2. The second kappa shape index (κ2) is 9.38. The first kappa shape index (κ1) is 21.3. The standard InChI is InChI=1S/C20H18ClN5O3S/c1-2-15(24-25-19(30)22-13-6-4-3-5-7-13)16-17(27)23-20(29)26(18(16)28)14-10-8-12(21)9-11-14/h3-11,28H,2H2,1H3,(H2,22,25,30)(H,23,27,29)/b24-15+. The van der Waals surface area contributed by atoms with Gasteiger partial charge in [-0.3, -0.25) is 15.2 Å². The van der Waals surface area contributed by atoms with Crippen molar-refractivity contribution in [1.82, 2.24) is 15.0 Å². The van der Waals surface area contributed by atoms with E-state index in [0.717, 1.165) is 10.3 Å². The molecular formula is C20H18ClN5O3S. The Morgan fingerprint density at radius 1 is 1.17 bits per heavy atom. The summed E-state index contributed by atoms with van der Waals surface area (Å²) in [5.74, 6) is -0.532. The summed E-state index contributed by atoms with van der Waals surface area (Å²) in [7, 11) is 0. The number of hydrogen-bond acceptors (Lipinski definition) is 5. The lowest BCUT2D eigenvalue weighted by Crippen LogP contribution is -2.34. The summed E-state index contributed by atoms with van der Waals surface area (Å²) in [5.41, 5.74) is 2.30. The number of anilines is 1. The van der Waals surface area contributed by atoms with Crippen LogP contribution in [0.4, 0.5) is 5.69 Å². The maximum atomic E-state index is 12.4. The normalized spacial score (nSPS) is 11.2. The molecule has 0 bridgehead atoms. The van der Waals surface area contributed by atoms with Gasteiger partial charge in [0.05, 0.1) is 11.4 Å². The molecule has 0 saturated heterocycles. The highest BCUT2D eigenvalue weighted by Crippen LogP contribution is 2.19. The number of aromatic hydroxyl groups is 1. The molecule has 30 heavy (non-hydrogen) atoms. The molecule has 0 aliphatic carbocycles. The molecule has 1 heterocycles. The summed E-state index contributed by atoms with van der Waals surface area (Å²) in [6.45, 7) is 1.75. The van der Waals surface area contributed by atoms with Crippen molar-refractivity contribution in [3.63, 3.8) is 0 Å². The van der Waals surface area contributed by atoms with Gasteiger partial charge in [-0.15, -0.1) is 0 Å². The summed E-state index contributed by atoms with van der Waals surface area (Å²) in [6, 6.07) is 15.5. The van der Waals surface area contributed by atoms with Crippen LogP contribution in [0.2, 0.25) is 5.02 Å². The van der Waals surface area contributed by atoms with E-state index < -0.39 is 17.1 Å². The molecule has 3 aromatic rings. The Hall–Kier alpha value is -3.43. The molecule has 4 N–H and O–H groups in total. The van der Waals surface area contributed by atoms with Crippen LogP contribution >= 0.6 is 23.8 Å². The maximum absolute atomic E-state index is 12.4. The van der Waals surface area contributed by atoms with Gasteiger partial charge in [0.15, 0.2) is 5.11 Å². The van der Waals surface area contributed by atoms with E-state index in [1.165, 1.54) is 0 Å². The van der Waals surface area contributed by atoms with Crippen molar-refractivity contribution in [2.75, 3.05) is 5.32 Å². The Bertz CT molecular complexity index is 1200. The van der Waals surface area contributed by atoms with E-state index in [9.17, 15) is 14.7 Å². The molecular weight excluding hydrogens is 426 g/mol. The summed E-state index contributed by atoms with van der Waals surface area (Å²) >= 11 is 11.1. The molecule has 0 spiro atoms. The summed E-state index contributed by atoms with van der Waals surface area (Å²) in [6.07, 6.45) is 0.288. The fourth-order valence-electron chi connectivity index (χ4n) is 2.73. The van der Waals surface area contributed by atoms with Gasteiger partial charge >= 0.3 is 5.69 Å². The molecule has 8 nitrogen and oxygen atoms in total. The Morgan fingerprint density at radius 2 is 1.83 bits per heavy atom. The first-order valence-electron chi connectivity index (χ1n) is 8.94. The van der Waals surface area contributed by atoms with Crippen LogP contribution in [0, 0.1) is 0 Å². The van der Waals surface area contributed by atoms with Gasteiger partial charge in [0.2, 0.25) is 5.88 Å². The van der Waals surface area contributed by atoms with Gasteiger partial charge in [0.1, 0.15) is 5.56 Å². The van der Waals surface area contributed by atoms with Crippen LogP contribution in [-0.2, 0) is 0 Å². The number of hydrogen-bond donors (Lipinski definition) is 4. The molecule has 154 valence electrons. The van der Waals surface area contributed by atoms with Crippen molar-refractivity contribution < 1.29 is 5.11 Å². The number of thiocarbonyl (C=S) groups is 1. The van der Waals surface area contributed by atoms with E-state index in [1.807, 2.05) is 30.3 Å². The number of rotatable bonds is 5. The van der Waals surface area contributed by atoms with E-state index in [0.29, 0.717) is 10.7 Å². The van der Waals surface area contributed by atoms with Crippen LogP contribution in [0.3, 0.4) is 0 Å². The van der Waals surface area contributed by atoms with Gasteiger partial charge in [-0.2, -0.15) is 5.10 Å². The number of aromatic nitrogens is 2. The van der Waals surface area contributed by atoms with Crippen molar-refractivity contribution >= 4 is 40.3 Å². The molecule has 0 unspecified atom stereocenters. The first-order valence-corrected chi connectivity index (χ1v) is 9.72. The van der Waals surface area contributed by atoms with Crippen molar-refractivity contribution in [2.45, 2.75) is 13.3 Å². The molecule has 1 aromatic heterocycles. The predicted octanol–water partition coefficient (Wildman–Crippen LogP) is 2.99. The van der Waals surface area contributed by atoms with Gasteiger partial charge < -0.3 is 10.4 Å².